The molecule has 59 heavy (non-hydrogen) atoms. The Hall–Kier alpha value is -7.09. The Bertz CT molecular complexity index is 2730. The third-order valence-corrected chi connectivity index (χ3v) is 10.1. The summed E-state index contributed by atoms with van der Waals surface area (Å²) in [5, 5.41) is 16.3. The van der Waals surface area contributed by atoms with Crippen molar-refractivity contribution in [2.45, 2.75) is 66.6 Å². The molecule has 0 saturated heterocycles. The Morgan fingerprint density at radius 3 is 2.31 bits per heavy atom. The molecule has 0 bridgehead atoms. The number of carbonyl (C=O) groups excluding carboxylic acids is 4. The minimum absolute atomic E-state index is 0.00565. The summed E-state index contributed by atoms with van der Waals surface area (Å²) in [6, 6.07) is 7.69. The Morgan fingerprint density at radius 1 is 0.949 bits per heavy atom. The number of aliphatic carboxylic acids is 1. The number of primary amides is 2. The van der Waals surface area contributed by atoms with E-state index in [0.717, 1.165) is 0 Å². The van der Waals surface area contributed by atoms with Gasteiger partial charge in [0.25, 0.3) is 11.8 Å². The zero-order valence-corrected chi connectivity index (χ0v) is 33.7. The van der Waals surface area contributed by atoms with Crippen molar-refractivity contribution in [2.24, 2.45) is 16.5 Å². The fraction of sp³-hybridized carbons (Fsp3) is 0.308. The van der Waals surface area contributed by atoms with Gasteiger partial charge in [0.05, 0.1) is 35.3 Å². The van der Waals surface area contributed by atoms with Gasteiger partial charge in [-0.15, -0.1) is 0 Å². The number of carboxylic acids is 1. The molecule has 6 rings (SSSR count). The number of rotatable bonds is 17. The van der Waals surface area contributed by atoms with Gasteiger partial charge in [0.2, 0.25) is 23.5 Å². The monoisotopic (exact) mass is 826 g/mol. The van der Waals surface area contributed by atoms with Crippen LogP contribution in [0.15, 0.2) is 51.9 Å². The van der Waals surface area contributed by atoms with Gasteiger partial charge in [0.1, 0.15) is 28.2 Å². The second-order valence-corrected chi connectivity index (χ2v) is 14.2. The summed E-state index contributed by atoms with van der Waals surface area (Å²) in [6.07, 6.45) is 4.04. The summed E-state index contributed by atoms with van der Waals surface area (Å²) in [6.45, 7) is 7.80. The lowest BCUT2D eigenvalue weighted by Crippen LogP contribution is -2.18. The first kappa shape index (κ1) is 41.5. The number of benzene rings is 2. The molecule has 4 amide bonds. The maximum absolute atomic E-state index is 13.6. The first-order valence-corrected chi connectivity index (χ1v) is 19.3. The van der Waals surface area contributed by atoms with Crippen LogP contribution in [-0.2, 0) is 30.8 Å². The van der Waals surface area contributed by atoms with E-state index < -0.39 is 29.6 Å². The molecular weight excluding hydrogens is 785 g/mol. The van der Waals surface area contributed by atoms with Crippen molar-refractivity contribution in [2.75, 3.05) is 19.0 Å². The largest absolute Gasteiger partial charge is 0.494 e. The minimum Gasteiger partial charge on any atom is -0.494 e. The number of nitrogens with two attached hydrogens (primary N) is 2. The number of aromatic nitrogens is 6. The van der Waals surface area contributed by atoms with Crippen molar-refractivity contribution in [1.82, 2.24) is 28.9 Å². The Labute approximate surface area is 339 Å². The maximum Gasteiger partial charge on any atom is 0.303 e. The first-order chi connectivity index (χ1) is 28.2. The highest BCUT2D eigenvalue weighted by atomic mass is 32.1. The summed E-state index contributed by atoms with van der Waals surface area (Å²) < 4.78 is 22.9. The van der Waals surface area contributed by atoms with Crippen LogP contribution in [0.3, 0.4) is 0 Å². The molecule has 6 N–H and O–H groups in total. The number of hydrogen-bond donors (Lipinski definition) is 4. The highest BCUT2D eigenvalue weighted by Crippen LogP contribution is 2.33. The van der Waals surface area contributed by atoms with Gasteiger partial charge in [0.15, 0.2) is 10.7 Å². The van der Waals surface area contributed by atoms with E-state index in [1.54, 1.807) is 51.9 Å². The third kappa shape index (κ3) is 8.91. The summed E-state index contributed by atoms with van der Waals surface area (Å²) >= 11 is 1.17. The molecule has 2 aromatic carbocycles. The highest BCUT2D eigenvalue weighted by Gasteiger charge is 2.24. The number of imidazole rings is 1. The van der Waals surface area contributed by atoms with Crippen molar-refractivity contribution in [1.29, 1.82) is 0 Å². The Morgan fingerprint density at radius 2 is 1.64 bits per heavy atom. The van der Waals surface area contributed by atoms with Gasteiger partial charge >= 0.3 is 5.97 Å². The van der Waals surface area contributed by atoms with Gasteiger partial charge in [-0.05, 0) is 57.0 Å². The zero-order valence-electron chi connectivity index (χ0n) is 32.9. The van der Waals surface area contributed by atoms with E-state index in [0.29, 0.717) is 62.2 Å². The van der Waals surface area contributed by atoms with E-state index in [2.05, 4.69) is 25.4 Å². The van der Waals surface area contributed by atoms with Gasteiger partial charge in [-0.2, -0.15) is 10.1 Å². The molecule has 0 fully saturated rings. The molecular formula is C39H42N10O9S. The number of thiazole rings is 1. The SMILES string of the molecule is CCc1nc(C)oc1C(=O)Nc1nc2cc(C(N)=O)cc(OCCCC(=O)O)c2n1C/C=C/Cn1c(=NC(=O)c2cc(C)nn2CC)sc2cc(C(N)=O)cc(OC)c21. The number of allylic oxidation sites excluding steroid dienone is 2. The molecule has 4 heterocycles. The molecule has 308 valence electrons. The fourth-order valence-corrected chi connectivity index (χ4v) is 7.49. The number of carbonyl (C=O) groups is 5. The predicted molar refractivity (Wildman–Crippen MR) is 216 cm³/mol. The van der Waals surface area contributed by atoms with Crippen LogP contribution in [-0.4, -0.2) is 77.3 Å². The molecule has 0 radical (unpaired) electrons. The highest BCUT2D eigenvalue weighted by molar-refractivity contribution is 7.16. The van der Waals surface area contributed by atoms with Gasteiger partial charge in [-0.1, -0.05) is 30.4 Å². The molecule has 0 aliphatic rings. The molecule has 0 aliphatic carbocycles. The molecule has 19 nitrogen and oxygen atoms in total. The van der Waals surface area contributed by atoms with Gasteiger partial charge in [-0.25, -0.2) is 9.97 Å². The molecule has 0 atom stereocenters. The average Bonchev–Trinajstić information content (AvgIpc) is 3.96. The summed E-state index contributed by atoms with van der Waals surface area (Å²) in [7, 11) is 1.45. The smallest absolute Gasteiger partial charge is 0.303 e. The summed E-state index contributed by atoms with van der Waals surface area (Å²) in [4.78, 5) is 76.7. The third-order valence-electron chi connectivity index (χ3n) is 9.06. The topological polar surface area (TPSA) is 267 Å². The summed E-state index contributed by atoms with van der Waals surface area (Å²) in [5.41, 5.74) is 14.2. The normalized spacial score (nSPS) is 11.8. The number of hydrogen-bond acceptors (Lipinski definition) is 12. The number of fused-ring (bicyclic) bond motifs is 2. The summed E-state index contributed by atoms with van der Waals surface area (Å²) in [5.74, 6) is -2.62. The predicted octanol–water partition coefficient (Wildman–Crippen LogP) is 4.14. The van der Waals surface area contributed by atoms with E-state index in [4.69, 9.17) is 30.5 Å². The number of amides is 4. The zero-order chi connectivity index (χ0) is 42.5. The second kappa shape index (κ2) is 17.6. The standard InChI is InChI=1S/C39H42N10O9S/c1-6-24-33(58-21(4)42-24)37(55)44-38-43-25-16-22(34(40)52)18-28(57-14-10-11-30(50)51)31(25)47(38)12-8-9-13-48-32-27(56-5)17-23(35(41)53)19-29(32)59-39(48)45-36(54)26-15-20(3)46-49(26)7-2/h8-9,15-19H,6-7,10-14H2,1-5H3,(H2,40,52)(H2,41,53)(H,50,51)(H,43,44,55)/b9-8+,45-39?. The van der Waals surface area contributed by atoms with Gasteiger partial charge in [-0.3, -0.25) is 34.0 Å². The molecule has 20 heteroatoms. The number of ether oxygens (including phenoxy) is 2. The van der Waals surface area contributed by atoms with Crippen LogP contribution < -0.4 is 31.1 Å². The quantitative estimate of drug-likeness (QED) is 0.0747. The molecule has 4 aromatic heterocycles. The first-order valence-electron chi connectivity index (χ1n) is 18.5. The second-order valence-electron chi connectivity index (χ2n) is 13.2. The van der Waals surface area contributed by atoms with Crippen LogP contribution in [0.1, 0.15) is 85.7 Å². The maximum atomic E-state index is 13.6. The van der Waals surface area contributed by atoms with Crippen LogP contribution >= 0.6 is 11.3 Å². The van der Waals surface area contributed by atoms with E-state index in [1.165, 1.54) is 36.6 Å². The van der Waals surface area contributed by atoms with Crippen LogP contribution in [0.2, 0.25) is 0 Å². The number of methoxy groups -OCH3 is 1. The molecule has 0 unspecified atom stereocenters. The van der Waals surface area contributed by atoms with E-state index in [-0.39, 0.29) is 66.6 Å². The minimum atomic E-state index is -0.996. The van der Waals surface area contributed by atoms with Crippen LogP contribution in [0.25, 0.3) is 21.3 Å². The fourth-order valence-electron chi connectivity index (χ4n) is 6.39. The lowest BCUT2D eigenvalue weighted by molar-refractivity contribution is -0.137. The Balaban J connectivity index is 1.44. The number of nitrogens with zero attached hydrogens (tertiary/aromatic N) is 7. The average molecular weight is 827 g/mol. The van der Waals surface area contributed by atoms with Crippen molar-refractivity contribution >= 4 is 68.1 Å². The van der Waals surface area contributed by atoms with Gasteiger partial charge in [0, 0.05) is 44.1 Å². The molecule has 0 aliphatic heterocycles. The number of oxazole rings is 1. The van der Waals surface area contributed by atoms with Crippen LogP contribution in [0.4, 0.5) is 5.95 Å². The van der Waals surface area contributed by atoms with Gasteiger partial charge < -0.3 is 39.6 Å². The number of nitrogens with one attached hydrogen (secondary N) is 1. The van der Waals surface area contributed by atoms with E-state index >= 15 is 0 Å². The molecule has 6 aromatic rings. The molecule has 0 saturated carbocycles. The Kier molecular flexibility index (Phi) is 12.4. The lowest BCUT2D eigenvalue weighted by atomic mass is 10.1. The van der Waals surface area contributed by atoms with E-state index in [1.807, 2.05) is 13.8 Å². The van der Waals surface area contributed by atoms with Crippen LogP contribution in [0, 0.1) is 13.8 Å². The lowest BCUT2D eigenvalue weighted by Gasteiger charge is -2.12. The number of carboxylic acid groups (broad SMARTS) is 1. The molecule has 0 spiro atoms. The van der Waals surface area contributed by atoms with Crippen molar-refractivity contribution in [3.8, 4) is 11.5 Å². The van der Waals surface area contributed by atoms with Crippen molar-refractivity contribution < 1.29 is 43.0 Å². The van der Waals surface area contributed by atoms with Crippen molar-refractivity contribution in [3.05, 3.63) is 87.1 Å². The van der Waals surface area contributed by atoms with E-state index in [9.17, 15) is 24.0 Å². The number of anilines is 1. The number of aryl methyl sites for hydroxylation is 4. The van der Waals surface area contributed by atoms with Crippen LogP contribution in [0.5, 0.6) is 11.5 Å². The van der Waals surface area contributed by atoms with Crippen molar-refractivity contribution in [3.63, 3.8) is 0 Å².